The highest BCUT2D eigenvalue weighted by Crippen LogP contribution is 2.23. The van der Waals surface area contributed by atoms with Crippen LogP contribution in [0.1, 0.15) is 19.3 Å². The molecule has 1 aliphatic rings. The number of sulfonamides is 1. The van der Waals surface area contributed by atoms with Crippen molar-refractivity contribution in [2.24, 2.45) is 0 Å². The smallest absolute Gasteiger partial charge is 0.240 e. The summed E-state index contributed by atoms with van der Waals surface area (Å²) in [5.74, 6) is 0.765. The van der Waals surface area contributed by atoms with Crippen LogP contribution in [0.4, 0.5) is 5.82 Å². The Morgan fingerprint density at radius 2 is 2.00 bits per heavy atom. The second kappa shape index (κ2) is 5.03. The second-order valence-electron chi connectivity index (χ2n) is 5.05. The van der Waals surface area contributed by atoms with Gasteiger partial charge in [-0.2, -0.15) is 0 Å². The Hall–Kier alpha value is -1.66. The zero-order valence-electron chi connectivity index (χ0n) is 11.3. The van der Waals surface area contributed by atoms with E-state index in [2.05, 4.69) is 15.0 Å². The largest absolute Gasteiger partial charge is 0.373 e. The van der Waals surface area contributed by atoms with Crippen LogP contribution >= 0.6 is 0 Å². The molecule has 0 saturated heterocycles. The molecule has 0 atom stereocenters. The van der Waals surface area contributed by atoms with Gasteiger partial charge in [-0.3, -0.25) is 0 Å². The summed E-state index contributed by atoms with van der Waals surface area (Å²) in [6.45, 7) is 0. The zero-order chi connectivity index (χ0) is 14.2. The predicted octanol–water partition coefficient (Wildman–Crippen LogP) is 2.11. The van der Waals surface area contributed by atoms with E-state index < -0.39 is 10.0 Å². The van der Waals surface area contributed by atoms with Gasteiger partial charge in [-0.1, -0.05) is 6.42 Å². The molecule has 2 aromatic rings. The normalized spacial score (nSPS) is 16.1. The molecule has 0 unspecified atom stereocenters. The van der Waals surface area contributed by atoms with E-state index in [0.717, 1.165) is 36.0 Å². The molecule has 0 radical (unpaired) electrons. The molecule has 1 saturated carbocycles. The van der Waals surface area contributed by atoms with Gasteiger partial charge in [0.2, 0.25) is 10.0 Å². The van der Waals surface area contributed by atoms with Gasteiger partial charge in [-0.05, 0) is 43.2 Å². The second-order valence-corrected chi connectivity index (χ2v) is 6.76. The Bertz CT molecular complexity index is 739. The molecule has 0 aliphatic heterocycles. The number of fused-ring (bicyclic) bond motifs is 1. The van der Waals surface area contributed by atoms with Crippen LogP contribution in [0.3, 0.4) is 0 Å². The van der Waals surface area contributed by atoms with Gasteiger partial charge in [0.25, 0.3) is 0 Å². The fourth-order valence-electron chi connectivity index (χ4n) is 2.22. The molecule has 1 heterocycles. The van der Waals surface area contributed by atoms with E-state index in [-0.39, 0.29) is 6.04 Å². The molecule has 1 aromatic heterocycles. The lowest BCUT2D eigenvalue weighted by Crippen LogP contribution is -2.39. The van der Waals surface area contributed by atoms with Crippen LogP contribution in [-0.2, 0) is 10.0 Å². The van der Waals surface area contributed by atoms with E-state index in [1.807, 2.05) is 12.1 Å². The molecule has 1 fully saturated rings. The Morgan fingerprint density at radius 3 is 2.65 bits per heavy atom. The maximum atomic E-state index is 12.3. The van der Waals surface area contributed by atoms with Crippen LogP contribution in [0, 0.1) is 0 Å². The number of hydrogen-bond acceptors (Lipinski definition) is 4. The minimum atomic E-state index is -3.42. The van der Waals surface area contributed by atoms with Crippen molar-refractivity contribution >= 4 is 26.7 Å². The number of anilines is 1. The highest BCUT2D eigenvalue weighted by atomic mass is 32.2. The molecule has 20 heavy (non-hydrogen) atoms. The first-order valence-electron chi connectivity index (χ1n) is 6.69. The van der Waals surface area contributed by atoms with Crippen LogP contribution in [0.2, 0.25) is 0 Å². The van der Waals surface area contributed by atoms with E-state index in [1.165, 1.54) is 0 Å². The van der Waals surface area contributed by atoms with Crippen molar-refractivity contribution in [2.75, 3.05) is 12.4 Å². The number of hydrogen-bond donors (Lipinski definition) is 2. The van der Waals surface area contributed by atoms with E-state index in [4.69, 9.17) is 0 Å². The lowest BCUT2D eigenvalue weighted by molar-refractivity contribution is 0.383. The highest BCUT2D eigenvalue weighted by molar-refractivity contribution is 7.89. The summed E-state index contributed by atoms with van der Waals surface area (Å²) in [7, 11) is -1.62. The molecule has 0 spiro atoms. The molecular weight excluding hydrogens is 274 g/mol. The van der Waals surface area contributed by atoms with Crippen molar-refractivity contribution in [3.63, 3.8) is 0 Å². The Kier molecular flexibility index (Phi) is 3.35. The zero-order valence-corrected chi connectivity index (χ0v) is 12.1. The average Bonchev–Trinajstić information content (AvgIpc) is 2.42. The third-order valence-corrected chi connectivity index (χ3v) is 5.17. The minimum absolute atomic E-state index is 0.0977. The van der Waals surface area contributed by atoms with Crippen molar-refractivity contribution in [1.29, 1.82) is 0 Å². The number of nitrogens with one attached hydrogen (secondary N) is 2. The van der Waals surface area contributed by atoms with Crippen molar-refractivity contribution in [3.05, 3.63) is 30.3 Å². The topological polar surface area (TPSA) is 71.1 Å². The van der Waals surface area contributed by atoms with Gasteiger partial charge in [-0.15, -0.1) is 0 Å². The van der Waals surface area contributed by atoms with Gasteiger partial charge in [-0.25, -0.2) is 18.1 Å². The number of rotatable bonds is 4. The molecular formula is C14H17N3O2S. The molecule has 1 aromatic carbocycles. The lowest BCUT2D eigenvalue weighted by atomic mass is 9.94. The van der Waals surface area contributed by atoms with E-state index in [1.54, 1.807) is 25.2 Å². The van der Waals surface area contributed by atoms with Gasteiger partial charge in [0.15, 0.2) is 0 Å². The molecule has 0 bridgehead atoms. The molecule has 3 rings (SSSR count). The van der Waals surface area contributed by atoms with Gasteiger partial charge in [0, 0.05) is 18.5 Å². The van der Waals surface area contributed by atoms with Crippen LogP contribution in [0.25, 0.3) is 10.9 Å². The first-order chi connectivity index (χ1) is 9.58. The predicted molar refractivity (Wildman–Crippen MR) is 79.3 cm³/mol. The standard InChI is InChI=1S/C14H17N3O2S/c1-15-14-8-5-10-9-12(6-7-13(10)16-14)20(18,19)17-11-3-2-4-11/h5-9,11,17H,2-4H2,1H3,(H,15,16). The number of benzene rings is 1. The van der Waals surface area contributed by atoms with Crippen LogP contribution in [-0.4, -0.2) is 26.5 Å². The van der Waals surface area contributed by atoms with Gasteiger partial charge >= 0.3 is 0 Å². The maximum Gasteiger partial charge on any atom is 0.240 e. The van der Waals surface area contributed by atoms with Gasteiger partial charge in [0.1, 0.15) is 5.82 Å². The van der Waals surface area contributed by atoms with Crippen LogP contribution in [0.15, 0.2) is 35.2 Å². The Balaban J connectivity index is 1.95. The van der Waals surface area contributed by atoms with Gasteiger partial charge < -0.3 is 5.32 Å². The fourth-order valence-corrected chi connectivity index (χ4v) is 3.56. The lowest BCUT2D eigenvalue weighted by Gasteiger charge is -2.26. The van der Waals surface area contributed by atoms with E-state index >= 15 is 0 Å². The van der Waals surface area contributed by atoms with Crippen LogP contribution < -0.4 is 10.0 Å². The van der Waals surface area contributed by atoms with Crippen molar-refractivity contribution < 1.29 is 8.42 Å². The minimum Gasteiger partial charge on any atom is -0.373 e. The molecule has 106 valence electrons. The van der Waals surface area contributed by atoms with Crippen molar-refractivity contribution in [1.82, 2.24) is 9.71 Å². The molecule has 1 aliphatic carbocycles. The summed E-state index contributed by atoms with van der Waals surface area (Å²) < 4.78 is 27.3. The quantitative estimate of drug-likeness (QED) is 0.905. The van der Waals surface area contributed by atoms with Crippen molar-refractivity contribution in [2.45, 2.75) is 30.2 Å². The first-order valence-corrected chi connectivity index (χ1v) is 8.18. The number of aromatic nitrogens is 1. The number of nitrogens with zero attached hydrogens (tertiary/aromatic N) is 1. The number of pyridine rings is 1. The third kappa shape index (κ3) is 2.48. The highest BCUT2D eigenvalue weighted by Gasteiger charge is 2.24. The summed E-state index contributed by atoms with van der Waals surface area (Å²) in [6.07, 6.45) is 2.96. The van der Waals surface area contributed by atoms with E-state index in [9.17, 15) is 8.42 Å². The van der Waals surface area contributed by atoms with Crippen molar-refractivity contribution in [3.8, 4) is 0 Å². The summed E-state index contributed by atoms with van der Waals surface area (Å²) in [5.41, 5.74) is 0.777. The molecule has 5 nitrogen and oxygen atoms in total. The maximum absolute atomic E-state index is 12.3. The van der Waals surface area contributed by atoms with E-state index in [0.29, 0.717) is 4.90 Å². The Morgan fingerprint density at radius 1 is 1.20 bits per heavy atom. The summed E-state index contributed by atoms with van der Waals surface area (Å²) >= 11 is 0. The SMILES string of the molecule is CNc1ccc2cc(S(=O)(=O)NC3CCC3)ccc2n1. The molecule has 0 amide bonds. The first kappa shape index (κ1) is 13.3. The monoisotopic (exact) mass is 291 g/mol. The summed E-state index contributed by atoms with van der Waals surface area (Å²) in [4.78, 5) is 4.68. The van der Waals surface area contributed by atoms with Crippen LogP contribution in [0.5, 0.6) is 0 Å². The Labute approximate surface area is 118 Å². The van der Waals surface area contributed by atoms with Gasteiger partial charge in [0.05, 0.1) is 10.4 Å². The summed E-state index contributed by atoms with van der Waals surface area (Å²) in [6, 6.07) is 8.82. The molecule has 6 heteroatoms. The average molecular weight is 291 g/mol. The third-order valence-electron chi connectivity index (χ3n) is 3.65. The summed E-state index contributed by atoms with van der Waals surface area (Å²) in [5, 5.41) is 3.78. The molecule has 2 N–H and O–H groups in total. The fraction of sp³-hybridized carbons (Fsp3) is 0.357.